The molecule has 2 heterocycles. The Bertz CT molecular complexity index is 836. The van der Waals surface area contributed by atoms with E-state index in [9.17, 15) is 4.79 Å². The van der Waals surface area contributed by atoms with Gasteiger partial charge in [0.15, 0.2) is 0 Å². The molecule has 24 heavy (non-hydrogen) atoms. The van der Waals surface area contributed by atoms with Crippen molar-refractivity contribution in [2.75, 3.05) is 5.32 Å². The molecule has 0 saturated carbocycles. The summed E-state index contributed by atoms with van der Waals surface area (Å²) in [5.41, 5.74) is 9.71. The Morgan fingerprint density at radius 2 is 1.96 bits per heavy atom. The van der Waals surface area contributed by atoms with E-state index in [0.29, 0.717) is 12.3 Å². The van der Waals surface area contributed by atoms with Gasteiger partial charge in [-0.1, -0.05) is 26.0 Å². The molecule has 1 aromatic carbocycles. The average molecular weight is 322 g/mol. The molecule has 0 saturated heterocycles. The van der Waals surface area contributed by atoms with Crippen molar-refractivity contribution in [3.63, 3.8) is 0 Å². The van der Waals surface area contributed by atoms with Gasteiger partial charge >= 0.3 is 0 Å². The topological polar surface area (TPSA) is 83.8 Å². The van der Waals surface area contributed by atoms with Crippen LogP contribution in [-0.2, 0) is 4.79 Å². The van der Waals surface area contributed by atoms with Gasteiger partial charge in [-0.05, 0) is 47.7 Å². The van der Waals surface area contributed by atoms with E-state index >= 15 is 0 Å². The molecule has 0 aliphatic carbocycles. The van der Waals surface area contributed by atoms with E-state index in [0.717, 1.165) is 27.8 Å². The second kappa shape index (κ2) is 6.84. The number of rotatable bonds is 5. The number of fused-ring (bicyclic) bond motifs is 1. The highest BCUT2D eigenvalue weighted by Gasteiger charge is 2.15. The van der Waals surface area contributed by atoms with Crippen molar-refractivity contribution in [2.24, 2.45) is 11.7 Å². The molecule has 5 nitrogen and oxygen atoms in total. The van der Waals surface area contributed by atoms with E-state index in [-0.39, 0.29) is 5.91 Å². The van der Waals surface area contributed by atoms with E-state index in [1.807, 2.05) is 42.6 Å². The number of anilines is 1. The maximum Gasteiger partial charge on any atom is 0.241 e. The van der Waals surface area contributed by atoms with E-state index in [4.69, 9.17) is 5.73 Å². The third kappa shape index (κ3) is 3.46. The van der Waals surface area contributed by atoms with Crippen LogP contribution in [0.4, 0.5) is 5.69 Å². The second-order valence-corrected chi connectivity index (χ2v) is 6.40. The monoisotopic (exact) mass is 322 g/mol. The zero-order valence-electron chi connectivity index (χ0n) is 13.9. The van der Waals surface area contributed by atoms with Crippen LogP contribution >= 0.6 is 0 Å². The Morgan fingerprint density at radius 3 is 2.67 bits per heavy atom. The lowest BCUT2D eigenvalue weighted by Crippen LogP contribution is -2.36. The molecular weight excluding hydrogens is 300 g/mol. The first-order valence-corrected chi connectivity index (χ1v) is 8.13. The van der Waals surface area contributed by atoms with E-state index in [2.05, 4.69) is 29.1 Å². The highest BCUT2D eigenvalue weighted by atomic mass is 16.2. The first kappa shape index (κ1) is 16.2. The van der Waals surface area contributed by atoms with Crippen molar-refractivity contribution in [1.29, 1.82) is 0 Å². The molecule has 0 unspecified atom stereocenters. The number of aromatic nitrogens is 2. The van der Waals surface area contributed by atoms with Crippen LogP contribution in [-0.4, -0.2) is 21.9 Å². The van der Waals surface area contributed by atoms with Crippen LogP contribution in [0.5, 0.6) is 0 Å². The molecule has 124 valence electrons. The minimum Gasteiger partial charge on any atom is -0.346 e. The number of aromatic amines is 1. The molecule has 0 bridgehead atoms. The molecule has 0 radical (unpaired) electrons. The Hall–Kier alpha value is -2.66. The summed E-state index contributed by atoms with van der Waals surface area (Å²) >= 11 is 0. The summed E-state index contributed by atoms with van der Waals surface area (Å²) < 4.78 is 0. The van der Waals surface area contributed by atoms with Crippen LogP contribution in [0.15, 0.2) is 48.8 Å². The number of carbonyl (C=O) groups is 1. The fourth-order valence-corrected chi connectivity index (χ4v) is 2.80. The molecule has 2 aromatic heterocycles. The summed E-state index contributed by atoms with van der Waals surface area (Å²) in [6.45, 7) is 4.11. The maximum absolute atomic E-state index is 12.1. The van der Waals surface area contributed by atoms with E-state index in [1.165, 1.54) is 0 Å². The number of nitrogens with two attached hydrogens (primary N) is 1. The quantitative estimate of drug-likeness (QED) is 0.672. The fraction of sp³-hybridized carbons (Fsp3) is 0.263. The summed E-state index contributed by atoms with van der Waals surface area (Å²) in [7, 11) is 0. The molecule has 5 heteroatoms. The van der Waals surface area contributed by atoms with Crippen molar-refractivity contribution >= 4 is 22.6 Å². The third-order valence-electron chi connectivity index (χ3n) is 3.99. The number of amides is 1. The van der Waals surface area contributed by atoms with Crippen LogP contribution < -0.4 is 11.1 Å². The second-order valence-electron chi connectivity index (χ2n) is 6.40. The van der Waals surface area contributed by atoms with Crippen LogP contribution in [0.2, 0.25) is 0 Å². The first-order valence-electron chi connectivity index (χ1n) is 8.13. The zero-order valence-corrected chi connectivity index (χ0v) is 13.9. The summed E-state index contributed by atoms with van der Waals surface area (Å²) in [4.78, 5) is 19.5. The Morgan fingerprint density at radius 1 is 1.21 bits per heavy atom. The number of carbonyl (C=O) groups excluding carboxylic acids is 1. The number of nitrogens with one attached hydrogen (secondary N) is 2. The predicted octanol–water partition coefficient (Wildman–Crippen LogP) is 3.54. The number of pyridine rings is 1. The average Bonchev–Trinajstić information content (AvgIpc) is 3.03. The summed E-state index contributed by atoms with van der Waals surface area (Å²) in [6, 6.07) is 11.3. The van der Waals surface area contributed by atoms with E-state index in [1.54, 1.807) is 6.20 Å². The van der Waals surface area contributed by atoms with Gasteiger partial charge in [0.25, 0.3) is 0 Å². The zero-order chi connectivity index (χ0) is 17.1. The largest absolute Gasteiger partial charge is 0.346 e. The molecule has 1 atom stereocenters. The molecule has 3 rings (SSSR count). The van der Waals surface area contributed by atoms with Gasteiger partial charge in [0.05, 0.1) is 6.04 Å². The highest BCUT2D eigenvalue weighted by molar-refractivity contribution is 5.96. The minimum atomic E-state index is -0.482. The third-order valence-corrected chi connectivity index (χ3v) is 3.99. The molecule has 0 aliphatic rings. The maximum atomic E-state index is 12.1. The first-order chi connectivity index (χ1) is 11.5. The van der Waals surface area contributed by atoms with Crippen LogP contribution in [0, 0.1) is 5.92 Å². The van der Waals surface area contributed by atoms with E-state index < -0.39 is 6.04 Å². The van der Waals surface area contributed by atoms with Gasteiger partial charge in [0, 0.05) is 23.5 Å². The molecule has 1 amide bonds. The standard InChI is InChI=1S/C19H22N4O/c1-12(2)11-17(20)19(24)23-14-5-3-13(4-6-14)15-7-9-21-18-16(15)8-10-22-18/h3-10,12,17H,11,20H2,1-2H3,(H,21,22)(H,23,24)/t17-/m0/s1. The van der Waals surface area contributed by atoms with Gasteiger partial charge < -0.3 is 16.0 Å². The summed E-state index contributed by atoms with van der Waals surface area (Å²) in [6.07, 6.45) is 4.34. The van der Waals surface area contributed by atoms with Gasteiger partial charge in [-0.3, -0.25) is 4.79 Å². The minimum absolute atomic E-state index is 0.145. The fourth-order valence-electron chi connectivity index (χ4n) is 2.80. The number of H-pyrrole nitrogens is 1. The summed E-state index contributed by atoms with van der Waals surface area (Å²) in [5, 5.41) is 3.95. The SMILES string of the molecule is CC(C)C[C@H](N)C(=O)Nc1ccc(-c2ccnc3[nH]ccc23)cc1. The Labute approximate surface area is 141 Å². The van der Waals surface area contributed by atoms with Crippen molar-refractivity contribution < 1.29 is 4.79 Å². The predicted molar refractivity (Wildman–Crippen MR) is 97.6 cm³/mol. The number of benzene rings is 1. The molecule has 0 fully saturated rings. The highest BCUT2D eigenvalue weighted by Crippen LogP contribution is 2.27. The number of nitrogens with zero attached hydrogens (tertiary/aromatic N) is 1. The van der Waals surface area contributed by atoms with Crippen LogP contribution in [0.1, 0.15) is 20.3 Å². The molecule has 0 aliphatic heterocycles. The van der Waals surface area contributed by atoms with Gasteiger partial charge in [-0.25, -0.2) is 4.98 Å². The Kier molecular flexibility index (Phi) is 4.62. The van der Waals surface area contributed by atoms with Crippen molar-refractivity contribution in [1.82, 2.24) is 9.97 Å². The van der Waals surface area contributed by atoms with Crippen LogP contribution in [0.25, 0.3) is 22.2 Å². The van der Waals surface area contributed by atoms with Crippen LogP contribution in [0.3, 0.4) is 0 Å². The number of hydrogen-bond acceptors (Lipinski definition) is 3. The van der Waals surface area contributed by atoms with Gasteiger partial charge in [0.2, 0.25) is 5.91 Å². The number of hydrogen-bond donors (Lipinski definition) is 3. The van der Waals surface area contributed by atoms with Gasteiger partial charge in [0.1, 0.15) is 5.65 Å². The molecule has 0 spiro atoms. The van der Waals surface area contributed by atoms with Crippen molar-refractivity contribution in [3.8, 4) is 11.1 Å². The molecule has 3 aromatic rings. The molecule has 4 N–H and O–H groups in total. The van der Waals surface area contributed by atoms with Crippen molar-refractivity contribution in [3.05, 3.63) is 48.8 Å². The van der Waals surface area contributed by atoms with Gasteiger partial charge in [-0.2, -0.15) is 0 Å². The Balaban J connectivity index is 1.76. The normalized spacial score (nSPS) is 12.5. The van der Waals surface area contributed by atoms with Gasteiger partial charge in [-0.15, -0.1) is 0 Å². The van der Waals surface area contributed by atoms with Crippen molar-refractivity contribution in [2.45, 2.75) is 26.3 Å². The summed E-state index contributed by atoms with van der Waals surface area (Å²) in [5.74, 6) is 0.247. The lowest BCUT2D eigenvalue weighted by atomic mass is 10.0. The lowest BCUT2D eigenvalue weighted by Gasteiger charge is -2.14. The molecular formula is C19H22N4O. The lowest BCUT2D eigenvalue weighted by molar-refractivity contribution is -0.117. The smallest absolute Gasteiger partial charge is 0.241 e.